The van der Waals surface area contributed by atoms with Gasteiger partial charge in [-0.15, -0.1) is 22.7 Å². The van der Waals surface area contributed by atoms with Crippen molar-refractivity contribution in [1.29, 1.82) is 0 Å². The lowest BCUT2D eigenvalue weighted by molar-refractivity contribution is -0.115. The number of thiazole rings is 1. The van der Waals surface area contributed by atoms with Crippen LogP contribution in [0.4, 0.5) is 10.8 Å². The molecule has 9 heteroatoms. The van der Waals surface area contributed by atoms with Gasteiger partial charge in [0.15, 0.2) is 10.3 Å². The van der Waals surface area contributed by atoms with Crippen LogP contribution >= 0.6 is 34.4 Å². The lowest BCUT2D eigenvalue weighted by Crippen LogP contribution is -2.23. The minimum absolute atomic E-state index is 0.0403. The summed E-state index contributed by atoms with van der Waals surface area (Å²) in [7, 11) is 1.79. The van der Waals surface area contributed by atoms with E-state index in [0.29, 0.717) is 16.0 Å². The first-order valence-electron chi connectivity index (χ1n) is 10.8. The second-order valence-corrected chi connectivity index (χ2v) is 11.1. The Hall–Kier alpha value is -2.49. The maximum atomic E-state index is 13.0. The largest absolute Gasteiger partial charge is 0.290 e. The van der Waals surface area contributed by atoms with Crippen molar-refractivity contribution < 1.29 is 4.79 Å². The minimum Gasteiger partial charge on any atom is -0.290 e. The zero-order chi connectivity index (χ0) is 23.3. The number of fused-ring (bicyclic) bond motifs is 3. The van der Waals surface area contributed by atoms with Crippen LogP contribution in [-0.2, 0) is 30.4 Å². The zero-order valence-corrected chi connectivity index (χ0v) is 21.4. The van der Waals surface area contributed by atoms with E-state index in [1.807, 2.05) is 37.4 Å². The third-order valence-electron chi connectivity index (χ3n) is 6.12. The van der Waals surface area contributed by atoms with Crippen LogP contribution in [0, 0.1) is 13.8 Å². The normalized spacial score (nSPS) is 13.0. The summed E-state index contributed by atoms with van der Waals surface area (Å²) in [6.45, 7) is 5.62. The lowest BCUT2D eigenvalue weighted by Gasteiger charge is -2.21. The van der Waals surface area contributed by atoms with Gasteiger partial charge in [-0.05, 0) is 55.9 Å². The maximum Gasteiger partial charge on any atom is 0.262 e. The minimum atomic E-state index is -0.0717. The van der Waals surface area contributed by atoms with Crippen LogP contribution in [0.15, 0.2) is 33.5 Å². The monoisotopic (exact) mass is 496 g/mol. The summed E-state index contributed by atoms with van der Waals surface area (Å²) in [5.74, 6) is 0.504. The third kappa shape index (κ3) is 3.92. The van der Waals surface area contributed by atoms with E-state index < -0.39 is 0 Å². The van der Waals surface area contributed by atoms with Crippen molar-refractivity contribution in [3.8, 4) is 0 Å². The molecule has 0 radical (unpaired) electrons. The molecule has 0 bridgehead atoms. The molecular formula is C24H24N4O2S3. The predicted molar refractivity (Wildman–Crippen MR) is 137 cm³/mol. The smallest absolute Gasteiger partial charge is 0.262 e. The first-order chi connectivity index (χ1) is 15.8. The highest BCUT2D eigenvalue weighted by Gasteiger charge is 2.23. The number of thiophene rings is 1. The zero-order valence-electron chi connectivity index (χ0n) is 19.0. The van der Waals surface area contributed by atoms with Crippen molar-refractivity contribution in [2.24, 2.45) is 7.05 Å². The van der Waals surface area contributed by atoms with Gasteiger partial charge in [-0.1, -0.05) is 23.9 Å². The van der Waals surface area contributed by atoms with Crippen LogP contribution in [0.1, 0.15) is 40.6 Å². The van der Waals surface area contributed by atoms with E-state index in [9.17, 15) is 9.59 Å². The number of amides is 1. The number of hydrogen-bond donors (Lipinski definition) is 0. The quantitative estimate of drug-likeness (QED) is 0.268. The van der Waals surface area contributed by atoms with Crippen LogP contribution in [0.3, 0.4) is 0 Å². The van der Waals surface area contributed by atoms with Gasteiger partial charge < -0.3 is 0 Å². The van der Waals surface area contributed by atoms with Gasteiger partial charge in [-0.25, -0.2) is 9.97 Å². The van der Waals surface area contributed by atoms with Gasteiger partial charge in [0.2, 0.25) is 5.91 Å². The molecule has 3 heterocycles. The van der Waals surface area contributed by atoms with Crippen LogP contribution in [0.25, 0.3) is 10.2 Å². The van der Waals surface area contributed by atoms with Gasteiger partial charge in [0, 0.05) is 30.0 Å². The molecular weight excluding hydrogens is 472 g/mol. The molecule has 6 nitrogen and oxygen atoms in total. The Balaban J connectivity index is 1.41. The first-order valence-corrected chi connectivity index (χ1v) is 13.5. The number of thioether (sulfide) groups is 1. The Morgan fingerprint density at radius 3 is 2.85 bits per heavy atom. The second kappa shape index (κ2) is 8.70. The lowest BCUT2D eigenvalue weighted by atomic mass is 10.1. The molecule has 0 aliphatic heterocycles. The number of nitrogens with zero attached hydrogens (tertiary/aromatic N) is 4. The van der Waals surface area contributed by atoms with Gasteiger partial charge >= 0.3 is 0 Å². The van der Waals surface area contributed by atoms with Crippen molar-refractivity contribution in [1.82, 2.24) is 14.5 Å². The Morgan fingerprint density at radius 1 is 1.24 bits per heavy atom. The van der Waals surface area contributed by atoms with Crippen LogP contribution in [0.2, 0.25) is 0 Å². The molecule has 0 atom stereocenters. The molecule has 1 aromatic carbocycles. The summed E-state index contributed by atoms with van der Waals surface area (Å²) < 4.78 is 1.66. The molecule has 0 saturated carbocycles. The van der Waals surface area contributed by atoms with Crippen LogP contribution in [-0.4, -0.2) is 20.4 Å². The molecule has 0 saturated heterocycles. The number of rotatable bonds is 5. The van der Waals surface area contributed by atoms with Gasteiger partial charge in [-0.2, -0.15) is 0 Å². The van der Waals surface area contributed by atoms with Crippen LogP contribution < -0.4 is 10.5 Å². The Bertz CT molecular complexity index is 1450. The summed E-state index contributed by atoms with van der Waals surface area (Å²) >= 11 is 4.61. The molecule has 5 rings (SSSR count). The fourth-order valence-electron chi connectivity index (χ4n) is 4.22. The summed E-state index contributed by atoms with van der Waals surface area (Å²) in [6, 6.07) is 5.95. The van der Waals surface area contributed by atoms with E-state index in [2.05, 4.69) is 0 Å². The Labute approximate surface area is 204 Å². The van der Waals surface area contributed by atoms with Gasteiger partial charge in [0.05, 0.1) is 16.8 Å². The molecule has 3 aromatic heterocycles. The highest BCUT2D eigenvalue weighted by Crippen LogP contribution is 2.36. The maximum absolute atomic E-state index is 13.0. The predicted octanol–water partition coefficient (Wildman–Crippen LogP) is 5.53. The molecule has 0 unspecified atom stereocenters. The summed E-state index contributed by atoms with van der Waals surface area (Å²) in [5.41, 5.74) is 5.16. The highest BCUT2D eigenvalue weighted by atomic mass is 32.2. The van der Waals surface area contributed by atoms with Crippen molar-refractivity contribution in [3.05, 3.63) is 61.2 Å². The first kappa shape index (κ1) is 22.3. The molecule has 1 amide bonds. The van der Waals surface area contributed by atoms with Crippen molar-refractivity contribution >= 4 is 61.4 Å². The molecule has 4 aromatic rings. The molecule has 1 aliphatic carbocycles. The van der Waals surface area contributed by atoms with Crippen LogP contribution in [0.5, 0.6) is 0 Å². The summed E-state index contributed by atoms with van der Waals surface area (Å²) in [4.78, 5) is 38.9. The number of carbonyl (C=O) groups excluding carboxylic acids is 1. The van der Waals surface area contributed by atoms with Crippen molar-refractivity contribution in [2.45, 2.75) is 50.9 Å². The van der Waals surface area contributed by atoms with E-state index in [0.717, 1.165) is 52.0 Å². The second-order valence-electron chi connectivity index (χ2n) is 8.28. The highest BCUT2D eigenvalue weighted by molar-refractivity contribution is 7.98. The molecule has 1 aliphatic rings. The average molecular weight is 497 g/mol. The third-order valence-corrected chi connectivity index (χ3v) is 9.24. The number of hydrogen-bond acceptors (Lipinski definition) is 7. The SMILES string of the molecule is CC(=O)N(c1nc(CSc2nc3sc4c(c3c(=O)n2C)CCC4)cs1)c1cccc(C)c1C. The number of carbonyl (C=O) groups is 1. The topological polar surface area (TPSA) is 68.1 Å². The fraction of sp³-hybridized carbons (Fsp3) is 0.333. The Kier molecular flexibility index (Phi) is 5.88. The molecule has 0 fully saturated rings. The number of benzene rings is 1. The van der Waals surface area contributed by atoms with Gasteiger partial charge in [-0.3, -0.25) is 19.1 Å². The molecule has 33 heavy (non-hydrogen) atoms. The number of aryl methyl sites for hydroxylation is 3. The molecule has 170 valence electrons. The standard InChI is InChI=1S/C24H24N4O2S3/c1-13-7-5-9-18(14(13)2)28(15(3)29)24-25-16(12-32-24)11-31-23-26-21-20(22(30)27(23)4)17-8-6-10-19(17)33-21/h5,7,9,12H,6,8,10-11H2,1-4H3. The summed E-state index contributed by atoms with van der Waals surface area (Å²) in [6.07, 6.45) is 3.16. The summed E-state index contributed by atoms with van der Waals surface area (Å²) in [5, 5.41) is 4.12. The van der Waals surface area contributed by atoms with E-state index >= 15 is 0 Å². The van der Waals surface area contributed by atoms with Gasteiger partial charge in [0.1, 0.15) is 4.83 Å². The number of aromatic nitrogens is 3. The Morgan fingerprint density at radius 2 is 2.06 bits per heavy atom. The van der Waals surface area contributed by atoms with Crippen molar-refractivity contribution in [3.63, 3.8) is 0 Å². The van der Waals surface area contributed by atoms with E-state index in [-0.39, 0.29) is 11.5 Å². The molecule has 0 spiro atoms. The molecule has 0 N–H and O–H groups in total. The average Bonchev–Trinajstić information content (AvgIpc) is 3.49. The fourth-order valence-corrected chi connectivity index (χ4v) is 7.38. The van der Waals surface area contributed by atoms with E-state index in [1.165, 1.54) is 33.5 Å². The number of anilines is 2. The van der Waals surface area contributed by atoms with Gasteiger partial charge in [0.25, 0.3) is 5.56 Å². The van der Waals surface area contributed by atoms with E-state index in [4.69, 9.17) is 9.97 Å². The van der Waals surface area contributed by atoms with Crippen molar-refractivity contribution in [2.75, 3.05) is 4.90 Å². The van der Waals surface area contributed by atoms with E-state index in [1.54, 1.807) is 34.8 Å².